The van der Waals surface area contributed by atoms with Gasteiger partial charge in [0.15, 0.2) is 11.5 Å². The number of hydrogen-bond acceptors (Lipinski definition) is 6. The molecule has 0 unspecified atom stereocenters. The Labute approximate surface area is 235 Å². The van der Waals surface area contributed by atoms with E-state index in [0.717, 1.165) is 57.0 Å². The minimum atomic E-state index is -0.439. The quantitative estimate of drug-likeness (QED) is 0.262. The van der Waals surface area contributed by atoms with Crippen molar-refractivity contribution in [3.63, 3.8) is 0 Å². The highest BCUT2D eigenvalue weighted by atomic mass is 127. The number of aryl methyl sites for hydroxylation is 1. The van der Waals surface area contributed by atoms with Gasteiger partial charge in [0.25, 0.3) is 11.1 Å². The molecule has 2 aromatic carbocycles. The Kier molecular flexibility index (Phi) is 9.53. The SMILES string of the molecule is CCOc1cc(C=C2SC(=O)N(CC(=O)N3CCCCCC3)C2=O)cc(I)c1OCc1cccc(C)c1. The molecule has 0 spiro atoms. The van der Waals surface area contributed by atoms with E-state index in [9.17, 15) is 14.4 Å². The number of benzene rings is 2. The monoisotopic (exact) mass is 634 g/mol. The molecule has 7 nitrogen and oxygen atoms in total. The Morgan fingerprint density at radius 1 is 1.08 bits per heavy atom. The van der Waals surface area contributed by atoms with Crippen LogP contribution >= 0.6 is 34.4 Å². The fourth-order valence-corrected chi connectivity index (χ4v) is 5.99. The summed E-state index contributed by atoms with van der Waals surface area (Å²) in [4.78, 5) is 41.5. The van der Waals surface area contributed by atoms with E-state index in [-0.39, 0.29) is 12.5 Å². The van der Waals surface area contributed by atoms with Crippen molar-refractivity contribution in [2.45, 2.75) is 46.1 Å². The molecule has 2 saturated heterocycles. The lowest BCUT2D eigenvalue weighted by Crippen LogP contribution is -2.42. The number of thioether (sulfide) groups is 1. The van der Waals surface area contributed by atoms with Gasteiger partial charge in [0.2, 0.25) is 5.91 Å². The summed E-state index contributed by atoms with van der Waals surface area (Å²) in [5, 5.41) is -0.419. The number of rotatable bonds is 8. The number of halogens is 1. The summed E-state index contributed by atoms with van der Waals surface area (Å²) in [6, 6.07) is 11.8. The zero-order valence-electron chi connectivity index (χ0n) is 21.1. The smallest absolute Gasteiger partial charge is 0.294 e. The molecule has 0 bridgehead atoms. The molecule has 9 heteroatoms. The van der Waals surface area contributed by atoms with Crippen molar-refractivity contribution in [3.05, 3.63) is 61.6 Å². The van der Waals surface area contributed by atoms with Gasteiger partial charge in [-0.25, -0.2) is 0 Å². The van der Waals surface area contributed by atoms with Crippen molar-refractivity contribution >= 4 is 57.5 Å². The molecule has 37 heavy (non-hydrogen) atoms. The molecule has 0 N–H and O–H groups in total. The molecule has 0 saturated carbocycles. The topological polar surface area (TPSA) is 76.2 Å². The lowest BCUT2D eigenvalue weighted by molar-refractivity contribution is -0.135. The summed E-state index contributed by atoms with van der Waals surface area (Å²) in [6.07, 6.45) is 5.80. The average molecular weight is 635 g/mol. The van der Waals surface area contributed by atoms with Gasteiger partial charge in [-0.05, 0) is 90.4 Å². The first-order valence-corrected chi connectivity index (χ1v) is 14.4. The summed E-state index contributed by atoms with van der Waals surface area (Å²) in [6.45, 7) is 5.95. The van der Waals surface area contributed by atoms with Crippen LogP contribution in [0.1, 0.15) is 49.3 Å². The standard InChI is InChI=1S/C28H31IN2O5S/c1-3-35-23-15-21(14-22(29)26(23)36-18-20-10-8-9-19(2)13-20)16-24-27(33)31(28(34)37-24)17-25(32)30-11-6-4-5-7-12-30/h8-10,13-16H,3-7,11-12,17-18H2,1-2H3. The van der Waals surface area contributed by atoms with Gasteiger partial charge in [0.1, 0.15) is 13.2 Å². The lowest BCUT2D eigenvalue weighted by Gasteiger charge is -2.22. The second-order valence-electron chi connectivity index (χ2n) is 9.10. The highest BCUT2D eigenvalue weighted by Crippen LogP contribution is 2.38. The fraction of sp³-hybridized carbons (Fsp3) is 0.393. The Bertz CT molecular complexity index is 1210. The predicted octanol–water partition coefficient (Wildman–Crippen LogP) is 6.02. The van der Waals surface area contributed by atoms with E-state index in [1.807, 2.05) is 44.2 Å². The van der Waals surface area contributed by atoms with Crippen molar-refractivity contribution in [1.29, 1.82) is 0 Å². The molecule has 0 atom stereocenters. The summed E-state index contributed by atoms with van der Waals surface area (Å²) in [5.41, 5.74) is 2.95. The minimum Gasteiger partial charge on any atom is -0.490 e. The van der Waals surface area contributed by atoms with Crippen LogP contribution in [0.5, 0.6) is 11.5 Å². The summed E-state index contributed by atoms with van der Waals surface area (Å²) in [5.74, 6) is 0.598. The van der Waals surface area contributed by atoms with Gasteiger partial charge < -0.3 is 14.4 Å². The number of ether oxygens (including phenoxy) is 2. The Balaban J connectivity index is 1.49. The van der Waals surface area contributed by atoms with Crippen LogP contribution in [0.15, 0.2) is 41.3 Å². The van der Waals surface area contributed by atoms with E-state index in [1.165, 1.54) is 5.56 Å². The van der Waals surface area contributed by atoms with Gasteiger partial charge in [-0.3, -0.25) is 19.3 Å². The third kappa shape index (κ3) is 7.07. The van der Waals surface area contributed by atoms with Crippen LogP contribution in [0.2, 0.25) is 0 Å². The average Bonchev–Trinajstić information content (AvgIpc) is 3.04. The number of imide groups is 1. The third-order valence-electron chi connectivity index (χ3n) is 6.22. The second kappa shape index (κ2) is 12.8. The number of carbonyl (C=O) groups is 3. The number of likely N-dealkylation sites (tertiary alicyclic amines) is 1. The second-order valence-corrected chi connectivity index (χ2v) is 11.3. The van der Waals surface area contributed by atoms with Crippen molar-refractivity contribution in [3.8, 4) is 11.5 Å². The molecule has 0 aliphatic carbocycles. The van der Waals surface area contributed by atoms with Crippen LogP contribution in [0, 0.1) is 10.5 Å². The van der Waals surface area contributed by atoms with E-state index >= 15 is 0 Å². The molecule has 196 valence electrons. The fourth-order valence-electron chi connectivity index (χ4n) is 4.37. The summed E-state index contributed by atoms with van der Waals surface area (Å²) >= 11 is 3.05. The van der Waals surface area contributed by atoms with E-state index in [4.69, 9.17) is 9.47 Å². The number of nitrogens with zero attached hydrogens (tertiary/aromatic N) is 2. The molecule has 2 fully saturated rings. The molecule has 2 heterocycles. The first-order chi connectivity index (χ1) is 17.9. The van der Waals surface area contributed by atoms with Gasteiger partial charge in [0.05, 0.1) is 15.1 Å². The van der Waals surface area contributed by atoms with E-state index in [1.54, 1.807) is 11.0 Å². The first-order valence-electron chi connectivity index (χ1n) is 12.5. The highest BCUT2D eigenvalue weighted by Gasteiger charge is 2.37. The molecule has 2 aliphatic rings. The van der Waals surface area contributed by atoms with Gasteiger partial charge in [-0.15, -0.1) is 0 Å². The highest BCUT2D eigenvalue weighted by molar-refractivity contribution is 14.1. The number of carbonyl (C=O) groups excluding carboxylic acids is 3. The van der Waals surface area contributed by atoms with E-state index in [2.05, 4.69) is 28.7 Å². The van der Waals surface area contributed by atoms with Crippen LogP contribution in [0.25, 0.3) is 6.08 Å². The van der Waals surface area contributed by atoms with Crippen LogP contribution in [-0.2, 0) is 16.2 Å². The maximum Gasteiger partial charge on any atom is 0.294 e. The molecule has 2 aromatic rings. The van der Waals surface area contributed by atoms with Crippen molar-refractivity contribution in [2.24, 2.45) is 0 Å². The molecule has 3 amide bonds. The minimum absolute atomic E-state index is 0.172. The molecule has 0 aromatic heterocycles. The molecule has 0 radical (unpaired) electrons. The molecule has 2 aliphatic heterocycles. The predicted molar refractivity (Wildman–Crippen MR) is 154 cm³/mol. The lowest BCUT2D eigenvalue weighted by atomic mass is 10.1. The zero-order chi connectivity index (χ0) is 26.4. The van der Waals surface area contributed by atoms with Crippen molar-refractivity contribution in [1.82, 2.24) is 9.80 Å². The number of amides is 3. The normalized spacial score (nSPS) is 17.3. The number of hydrogen-bond donors (Lipinski definition) is 0. The van der Waals surface area contributed by atoms with Gasteiger partial charge >= 0.3 is 0 Å². The third-order valence-corrected chi connectivity index (χ3v) is 7.93. The van der Waals surface area contributed by atoms with Gasteiger partial charge in [-0.2, -0.15) is 0 Å². The van der Waals surface area contributed by atoms with Crippen molar-refractivity contribution in [2.75, 3.05) is 26.2 Å². The Hall–Kier alpha value is -2.53. The van der Waals surface area contributed by atoms with Crippen LogP contribution < -0.4 is 9.47 Å². The Morgan fingerprint density at radius 2 is 1.84 bits per heavy atom. The Morgan fingerprint density at radius 3 is 2.54 bits per heavy atom. The molecule has 4 rings (SSSR count). The van der Waals surface area contributed by atoms with Gasteiger partial charge in [-0.1, -0.05) is 42.7 Å². The van der Waals surface area contributed by atoms with Crippen LogP contribution in [0.4, 0.5) is 4.79 Å². The van der Waals surface area contributed by atoms with Crippen LogP contribution in [-0.4, -0.2) is 53.1 Å². The molecular weight excluding hydrogens is 603 g/mol. The first kappa shape index (κ1) is 27.5. The maximum absolute atomic E-state index is 13.0. The van der Waals surface area contributed by atoms with Gasteiger partial charge in [0, 0.05) is 13.1 Å². The summed E-state index contributed by atoms with van der Waals surface area (Å²) < 4.78 is 12.8. The summed E-state index contributed by atoms with van der Waals surface area (Å²) in [7, 11) is 0. The molecular formula is C28H31IN2O5S. The maximum atomic E-state index is 13.0. The largest absolute Gasteiger partial charge is 0.490 e. The van der Waals surface area contributed by atoms with Crippen LogP contribution in [0.3, 0.4) is 0 Å². The van der Waals surface area contributed by atoms with E-state index in [0.29, 0.717) is 42.7 Å². The van der Waals surface area contributed by atoms with Crippen molar-refractivity contribution < 1.29 is 23.9 Å². The van der Waals surface area contributed by atoms with E-state index < -0.39 is 11.1 Å². The zero-order valence-corrected chi connectivity index (χ0v) is 24.1.